The van der Waals surface area contributed by atoms with E-state index < -0.39 is 11.4 Å². The maximum atomic E-state index is 12.1. The Morgan fingerprint density at radius 1 is 1.31 bits per heavy atom. The molecule has 0 saturated carbocycles. The van der Waals surface area contributed by atoms with Gasteiger partial charge in [0.1, 0.15) is 11.4 Å². The number of fused-ring (bicyclic) bond motifs is 2. The number of rotatable bonds is 6. The van der Waals surface area contributed by atoms with Gasteiger partial charge >= 0.3 is 0 Å². The number of nitrogens with one attached hydrogen (secondary N) is 2. The van der Waals surface area contributed by atoms with Crippen LogP contribution in [-0.4, -0.2) is 35.1 Å². The van der Waals surface area contributed by atoms with E-state index >= 15 is 0 Å². The van der Waals surface area contributed by atoms with Gasteiger partial charge in [-0.3, -0.25) is 4.79 Å². The number of carbonyl (C=O) groups is 1. The van der Waals surface area contributed by atoms with Gasteiger partial charge in [-0.1, -0.05) is 23.7 Å². The summed E-state index contributed by atoms with van der Waals surface area (Å²) in [7, 11) is 1.63. The quantitative estimate of drug-likeness (QED) is 0.650. The molecule has 1 aromatic heterocycles. The number of methoxy groups -OCH3 is 1. The molecule has 5 rings (SSSR count). The standard InChI is InChI=1S/C23H23ClN4O4/c1-13(29)27-17-10-15(7-4-14-5-8-16(24)9-6-14)23(30-3)22(2,32-23)19(17)20-21-18(11-26-28-20)25-12-31-21/h5-6,8-10,12,26H,4,7,11H2,1-3H3,(H,27,29). The summed E-state index contributed by atoms with van der Waals surface area (Å²) in [4.78, 5) is 16.3. The number of ether oxygens (including phenoxy) is 2. The van der Waals surface area contributed by atoms with Crippen LogP contribution in [0.5, 0.6) is 0 Å². The number of epoxide rings is 1. The van der Waals surface area contributed by atoms with Crippen LogP contribution in [0.25, 0.3) is 0 Å². The van der Waals surface area contributed by atoms with E-state index in [0.29, 0.717) is 40.7 Å². The van der Waals surface area contributed by atoms with E-state index in [1.54, 1.807) is 7.11 Å². The van der Waals surface area contributed by atoms with Crippen molar-refractivity contribution < 1.29 is 18.7 Å². The van der Waals surface area contributed by atoms with Crippen LogP contribution in [0, 0.1) is 0 Å². The Labute approximate surface area is 190 Å². The summed E-state index contributed by atoms with van der Waals surface area (Å²) >= 11 is 6.01. The predicted octanol–water partition coefficient (Wildman–Crippen LogP) is 3.23. The number of benzene rings is 1. The summed E-state index contributed by atoms with van der Waals surface area (Å²) in [5, 5.41) is 8.14. The third-order valence-corrected chi connectivity index (χ3v) is 6.40. The maximum Gasteiger partial charge on any atom is 0.226 e. The molecule has 8 nitrogen and oxygen atoms in total. The van der Waals surface area contributed by atoms with Crippen molar-refractivity contribution >= 4 is 23.2 Å². The largest absolute Gasteiger partial charge is 0.441 e. The molecule has 2 aromatic rings. The first-order valence-corrected chi connectivity index (χ1v) is 10.7. The third kappa shape index (κ3) is 3.18. The Hall–Kier alpha value is -2.94. The van der Waals surface area contributed by atoms with E-state index in [1.165, 1.54) is 13.3 Å². The second-order valence-electron chi connectivity index (χ2n) is 8.15. The summed E-state index contributed by atoms with van der Waals surface area (Å²) < 4.78 is 17.9. The van der Waals surface area contributed by atoms with Gasteiger partial charge in [0, 0.05) is 30.3 Å². The molecule has 2 atom stereocenters. The van der Waals surface area contributed by atoms with Gasteiger partial charge in [0.2, 0.25) is 11.7 Å². The summed E-state index contributed by atoms with van der Waals surface area (Å²) in [5.74, 6) is -0.583. The van der Waals surface area contributed by atoms with Crippen molar-refractivity contribution in [2.45, 2.75) is 44.6 Å². The van der Waals surface area contributed by atoms with Gasteiger partial charge in [-0.15, -0.1) is 0 Å². The number of halogens is 1. The van der Waals surface area contributed by atoms with E-state index in [2.05, 4.69) is 20.8 Å². The van der Waals surface area contributed by atoms with E-state index in [1.807, 2.05) is 37.3 Å². The molecule has 0 bridgehead atoms. The maximum absolute atomic E-state index is 12.1. The van der Waals surface area contributed by atoms with Crippen molar-refractivity contribution in [1.82, 2.24) is 15.7 Å². The Kier molecular flexibility index (Phi) is 4.96. The normalized spacial score (nSPS) is 25.9. The van der Waals surface area contributed by atoms with Gasteiger partial charge in [-0.2, -0.15) is 5.10 Å². The molecular formula is C23H23ClN4O4. The first kappa shape index (κ1) is 20.9. The molecule has 1 saturated heterocycles. The number of oxazole rings is 1. The summed E-state index contributed by atoms with van der Waals surface area (Å²) in [6, 6.07) is 7.75. The molecule has 0 spiro atoms. The highest BCUT2D eigenvalue weighted by Crippen LogP contribution is 2.61. The molecule has 1 aliphatic carbocycles. The molecule has 166 valence electrons. The zero-order chi connectivity index (χ0) is 22.5. The molecule has 0 radical (unpaired) electrons. The summed E-state index contributed by atoms with van der Waals surface area (Å²) in [6.07, 6.45) is 4.77. The minimum absolute atomic E-state index is 0.192. The number of hydrazone groups is 1. The fourth-order valence-corrected chi connectivity index (χ4v) is 4.75. The van der Waals surface area contributed by atoms with Crippen LogP contribution in [0.2, 0.25) is 5.02 Å². The van der Waals surface area contributed by atoms with Gasteiger partial charge in [-0.05, 0) is 49.1 Å². The van der Waals surface area contributed by atoms with Crippen molar-refractivity contribution in [2.75, 3.05) is 7.11 Å². The van der Waals surface area contributed by atoms with Crippen molar-refractivity contribution in [3.8, 4) is 0 Å². The molecule has 2 unspecified atom stereocenters. The fraction of sp³-hybridized carbons (Fsp3) is 0.348. The predicted molar refractivity (Wildman–Crippen MR) is 118 cm³/mol. The number of hydrogen-bond acceptors (Lipinski definition) is 7. The highest BCUT2D eigenvalue weighted by molar-refractivity contribution is 6.30. The van der Waals surface area contributed by atoms with E-state index in [-0.39, 0.29) is 5.91 Å². The molecule has 9 heteroatoms. The second-order valence-corrected chi connectivity index (χ2v) is 8.58. The van der Waals surface area contributed by atoms with Crippen molar-refractivity contribution in [2.24, 2.45) is 5.10 Å². The average Bonchev–Trinajstić information content (AvgIpc) is 3.14. The van der Waals surface area contributed by atoms with E-state index in [0.717, 1.165) is 23.3 Å². The highest BCUT2D eigenvalue weighted by Gasteiger charge is 2.74. The first-order valence-electron chi connectivity index (χ1n) is 10.3. The monoisotopic (exact) mass is 454 g/mol. The fourth-order valence-electron chi connectivity index (χ4n) is 4.63. The van der Waals surface area contributed by atoms with Crippen LogP contribution in [0.3, 0.4) is 0 Å². The lowest BCUT2D eigenvalue weighted by atomic mass is 9.79. The lowest BCUT2D eigenvalue weighted by Gasteiger charge is -2.29. The average molecular weight is 455 g/mol. The van der Waals surface area contributed by atoms with Crippen molar-refractivity contribution in [3.05, 3.63) is 75.6 Å². The molecule has 3 heterocycles. The zero-order valence-corrected chi connectivity index (χ0v) is 18.7. The molecule has 32 heavy (non-hydrogen) atoms. The van der Waals surface area contributed by atoms with Crippen LogP contribution in [0.1, 0.15) is 37.3 Å². The van der Waals surface area contributed by atoms with Crippen LogP contribution in [0.15, 0.2) is 63.1 Å². The third-order valence-electron chi connectivity index (χ3n) is 6.15. The summed E-state index contributed by atoms with van der Waals surface area (Å²) in [5.41, 5.74) is 6.81. The molecule has 1 aromatic carbocycles. The lowest BCUT2D eigenvalue weighted by Crippen LogP contribution is -2.40. The molecule has 1 amide bonds. The molecule has 2 aliphatic heterocycles. The molecular weight excluding hydrogens is 432 g/mol. The SMILES string of the molecule is COC12OC1(C)C(C1=NNCc3ncoc31)=C(NC(C)=O)C=C2CCc1ccc(Cl)cc1. The second kappa shape index (κ2) is 7.58. The van der Waals surface area contributed by atoms with Gasteiger partial charge in [0.15, 0.2) is 17.8 Å². The first-order chi connectivity index (χ1) is 15.4. The minimum Gasteiger partial charge on any atom is -0.441 e. The number of aryl methyl sites for hydroxylation is 1. The number of carbonyl (C=O) groups excluding carboxylic acids is 1. The van der Waals surface area contributed by atoms with Crippen LogP contribution < -0.4 is 10.7 Å². The Morgan fingerprint density at radius 2 is 2.09 bits per heavy atom. The van der Waals surface area contributed by atoms with Crippen LogP contribution >= 0.6 is 11.6 Å². The van der Waals surface area contributed by atoms with Crippen molar-refractivity contribution in [3.63, 3.8) is 0 Å². The van der Waals surface area contributed by atoms with Gasteiger partial charge in [-0.25, -0.2) is 4.98 Å². The highest BCUT2D eigenvalue weighted by atomic mass is 35.5. The Balaban J connectivity index is 1.58. The van der Waals surface area contributed by atoms with Crippen LogP contribution in [0.4, 0.5) is 0 Å². The molecule has 3 aliphatic rings. The van der Waals surface area contributed by atoms with Crippen molar-refractivity contribution in [1.29, 1.82) is 0 Å². The number of amides is 1. The minimum atomic E-state index is -0.948. The number of nitrogens with zero attached hydrogens (tertiary/aromatic N) is 2. The zero-order valence-electron chi connectivity index (χ0n) is 18.0. The Bertz CT molecular complexity index is 1180. The summed E-state index contributed by atoms with van der Waals surface area (Å²) in [6.45, 7) is 3.88. The van der Waals surface area contributed by atoms with E-state index in [9.17, 15) is 4.79 Å². The molecule has 1 fully saturated rings. The van der Waals surface area contributed by atoms with Gasteiger partial charge in [0.25, 0.3) is 0 Å². The van der Waals surface area contributed by atoms with Gasteiger partial charge in [0.05, 0.1) is 6.54 Å². The smallest absolute Gasteiger partial charge is 0.226 e. The van der Waals surface area contributed by atoms with E-state index in [4.69, 9.17) is 25.5 Å². The topological polar surface area (TPSA) is 101 Å². The number of aromatic nitrogens is 1. The number of allylic oxidation sites excluding steroid dienone is 1. The van der Waals surface area contributed by atoms with Crippen LogP contribution in [-0.2, 0) is 27.2 Å². The van der Waals surface area contributed by atoms with Gasteiger partial charge < -0.3 is 24.6 Å². The number of hydrogen-bond donors (Lipinski definition) is 2. The Morgan fingerprint density at radius 3 is 2.81 bits per heavy atom. The lowest BCUT2D eigenvalue weighted by molar-refractivity contribution is -0.118. The molecule has 2 N–H and O–H groups in total.